The lowest BCUT2D eigenvalue weighted by Gasteiger charge is -2.33. The number of carbonyl (C=O) groups excluding carboxylic acids is 1. The van der Waals surface area contributed by atoms with Crippen LogP contribution in [0.5, 0.6) is 0 Å². The van der Waals surface area contributed by atoms with Gasteiger partial charge in [0, 0.05) is 5.25 Å². The van der Waals surface area contributed by atoms with Gasteiger partial charge in [-0.25, -0.2) is 0 Å². The zero-order chi connectivity index (χ0) is 10.8. The zero-order valence-electron chi connectivity index (χ0n) is 8.95. The van der Waals surface area contributed by atoms with Crippen molar-refractivity contribution in [2.45, 2.75) is 37.5 Å². The van der Waals surface area contributed by atoms with Crippen LogP contribution >= 0.6 is 11.8 Å². The monoisotopic (exact) mass is 218 g/mol. The molecule has 82 valence electrons. The van der Waals surface area contributed by atoms with Gasteiger partial charge in [0.1, 0.15) is 0 Å². The highest BCUT2D eigenvalue weighted by Gasteiger charge is 2.48. The summed E-state index contributed by atoms with van der Waals surface area (Å²) < 4.78 is 4.72. The van der Waals surface area contributed by atoms with E-state index in [1.807, 2.05) is 13.8 Å². The fourth-order valence-electron chi connectivity index (χ4n) is 2.07. The Kier molecular flexibility index (Phi) is 3.84. The van der Waals surface area contributed by atoms with Crippen molar-refractivity contribution in [2.75, 3.05) is 12.9 Å². The molecule has 0 bridgehead atoms. The van der Waals surface area contributed by atoms with Crippen LogP contribution in [-0.4, -0.2) is 34.8 Å². The number of aliphatic hydroxyl groups is 1. The van der Waals surface area contributed by atoms with E-state index in [2.05, 4.69) is 0 Å². The Bertz CT molecular complexity index is 219. The van der Waals surface area contributed by atoms with E-state index >= 15 is 0 Å². The largest absolute Gasteiger partial charge is 0.469 e. The molecule has 1 rings (SSSR count). The number of methoxy groups -OCH3 is 1. The maximum absolute atomic E-state index is 11.5. The summed E-state index contributed by atoms with van der Waals surface area (Å²) in [4.78, 5) is 11.5. The van der Waals surface area contributed by atoms with Crippen LogP contribution in [-0.2, 0) is 9.53 Å². The molecule has 3 nitrogen and oxygen atoms in total. The van der Waals surface area contributed by atoms with Crippen molar-refractivity contribution in [3.63, 3.8) is 0 Å². The van der Waals surface area contributed by atoms with E-state index in [-0.39, 0.29) is 17.1 Å². The molecule has 4 heteroatoms. The van der Waals surface area contributed by atoms with Crippen LogP contribution in [0.2, 0.25) is 0 Å². The van der Waals surface area contributed by atoms with E-state index in [1.54, 1.807) is 11.8 Å². The molecule has 3 atom stereocenters. The van der Waals surface area contributed by atoms with Gasteiger partial charge >= 0.3 is 5.97 Å². The van der Waals surface area contributed by atoms with Crippen LogP contribution in [0.4, 0.5) is 0 Å². The lowest BCUT2D eigenvalue weighted by Crippen LogP contribution is -2.46. The first kappa shape index (κ1) is 11.9. The molecule has 0 aliphatic carbocycles. The van der Waals surface area contributed by atoms with E-state index in [0.717, 1.165) is 5.75 Å². The fourth-order valence-corrected chi connectivity index (χ4v) is 3.44. The average Bonchev–Trinajstić information content (AvgIpc) is 2.48. The molecular formula is C10H18O3S. The second kappa shape index (κ2) is 4.53. The summed E-state index contributed by atoms with van der Waals surface area (Å²) in [7, 11) is 1.38. The van der Waals surface area contributed by atoms with Gasteiger partial charge in [0.2, 0.25) is 0 Å². The Morgan fingerprint density at radius 2 is 2.43 bits per heavy atom. The second-order valence-corrected chi connectivity index (χ2v) is 5.19. The molecule has 0 radical (unpaired) electrons. The highest BCUT2D eigenvalue weighted by atomic mass is 32.2. The summed E-state index contributed by atoms with van der Waals surface area (Å²) in [5.41, 5.74) is -0.869. The van der Waals surface area contributed by atoms with Gasteiger partial charge in [0.15, 0.2) is 0 Å². The van der Waals surface area contributed by atoms with Crippen LogP contribution in [0, 0.1) is 5.92 Å². The van der Waals surface area contributed by atoms with Gasteiger partial charge in [-0.05, 0) is 18.6 Å². The first-order valence-corrected chi connectivity index (χ1v) is 6.03. The van der Waals surface area contributed by atoms with E-state index < -0.39 is 5.60 Å². The van der Waals surface area contributed by atoms with Crippen molar-refractivity contribution in [3.8, 4) is 0 Å². The van der Waals surface area contributed by atoms with Gasteiger partial charge in [0.05, 0.1) is 18.6 Å². The lowest BCUT2D eigenvalue weighted by atomic mass is 9.81. The Balaban J connectivity index is 2.81. The fraction of sp³-hybridized carbons (Fsp3) is 0.900. The van der Waals surface area contributed by atoms with Gasteiger partial charge in [-0.3, -0.25) is 4.79 Å². The number of carbonyl (C=O) groups is 1. The minimum Gasteiger partial charge on any atom is -0.469 e. The Labute approximate surface area is 89.2 Å². The number of thioether (sulfide) groups is 1. The van der Waals surface area contributed by atoms with Crippen LogP contribution in [0.3, 0.4) is 0 Å². The normalized spacial score (nSPS) is 34.1. The smallest absolute Gasteiger partial charge is 0.311 e. The van der Waals surface area contributed by atoms with Crippen molar-refractivity contribution < 1.29 is 14.6 Å². The van der Waals surface area contributed by atoms with E-state index in [0.29, 0.717) is 12.8 Å². The molecule has 1 aliphatic rings. The highest BCUT2D eigenvalue weighted by Crippen LogP contribution is 2.42. The highest BCUT2D eigenvalue weighted by molar-refractivity contribution is 8.00. The Hall–Kier alpha value is -0.220. The Morgan fingerprint density at radius 1 is 1.79 bits per heavy atom. The maximum Gasteiger partial charge on any atom is 0.311 e. The first-order valence-electron chi connectivity index (χ1n) is 4.98. The minimum atomic E-state index is -0.869. The second-order valence-electron chi connectivity index (χ2n) is 3.74. The van der Waals surface area contributed by atoms with Crippen molar-refractivity contribution >= 4 is 17.7 Å². The molecule has 1 saturated heterocycles. The zero-order valence-corrected chi connectivity index (χ0v) is 9.76. The third kappa shape index (κ3) is 1.91. The van der Waals surface area contributed by atoms with Crippen molar-refractivity contribution in [2.24, 2.45) is 5.92 Å². The van der Waals surface area contributed by atoms with Crippen LogP contribution in [0.1, 0.15) is 26.7 Å². The summed E-state index contributed by atoms with van der Waals surface area (Å²) in [6, 6.07) is 0. The molecule has 14 heavy (non-hydrogen) atoms. The van der Waals surface area contributed by atoms with Gasteiger partial charge < -0.3 is 9.84 Å². The van der Waals surface area contributed by atoms with Crippen molar-refractivity contribution in [1.82, 2.24) is 0 Å². The molecule has 1 N–H and O–H groups in total. The molecule has 3 unspecified atom stereocenters. The molecule has 1 fully saturated rings. The third-order valence-electron chi connectivity index (χ3n) is 3.07. The standard InChI is InChI=1S/C10H18O3S/c1-4-8(9(11)13-3)10(12)5-6-14-7(10)2/h7-8,12H,4-6H2,1-3H3. The third-order valence-corrected chi connectivity index (χ3v) is 4.42. The summed E-state index contributed by atoms with van der Waals surface area (Å²) >= 11 is 1.72. The topological polar surface area (TPSA) is 46.5 Å². The SMILES string of the molecule is CCC(C(=O)OC)C1(O)CCSC1C. The van der Waals surface area contributed by atoms with Crippen LogP contribution in [0.15, 0.2) is 0 Å². The summed E-state index contributed by atoms with van der Waals surface area (Å²) in [6.45, 7) is 3.89. The quantitative estimate of drug-likeness (QED) is 0.728. The molecule has 0 amide bonds. The van der Waals surface area contributed by atoms with Gasteiger partial charge in [-0.2, -0.15) is 11.8 Å². The Morgan fingerprint density at radius 3 is 2.79 bits per heavy atom. The van der Waals surface area contributed by atoms with Gasteiger partial charge in [-0.15, -0.1) is 0 Å². The molecule has 0 aromatic rings. The number of esters is 1. The summed E-state index contributed by atoms with van der Waals surface area (Å²) in [5, 5.41) is 10.5. The molecule has 1 aliphatic heterocycles. The predicted octanol–water partition coefficient (Wildman–Crippen LogP) is 1.44. The van der Waals surface area contributed by atoms with Crippen molar-refractivity contribution in [1.29, 1.82) is 0 Å². The van der Waals surface area contributed by atoms with E-state index in [9.17, 15) is 9.90 Å². The molecule has 0 saturated carbocycles. The van der Waals surface area contributed by atoms with E-state index in [4.69, 9.17) is 4.74 Å². The first-order chi connectivity index (χ1) is 6.56. The molecule has 0 aromatic carbocycles. The molecule has 1 heterocycles. The number of hydrogen-bond donors (Lipinski definition) is 1. The summed E-state index contributed by atoms with van der Waals surface area (Å²) in [6.07, 6.45) is 1.32. The number of hydrogen-bond acceptors (Lipinski definition) is 4. The predicted molar refractivity (Wildman–Crippen MR) is 57.3 cm³/mol. The molecular weight excluding hydrogens is 200 g/mol. The minimum absolute atomic E-state index is 0.117. The average molecular weight is 218 g/mol. The number of rotatable bonds is 3. The van der Waals surface area contributed by atoms with Gasteiger partial charge in [0.25, 0.3) is 0 Å². The van der Waals surface area contributed by atoms with Crippen molar-refractivity contribution in [3.05, 3.63) is 0 Å². The molecule has 0 aromatic heterocycles. The number of ether oxygens (including phenoxy) is 1. The lowest BCUT2D eigenvalue weighted by molar-refractivity contribution is -0.155. The van der Waals surface area contributed by atoms with Gasteiger partial charge in [-0.1, -0.05) is 13.8 Å². The summed E-state index contributed by atoms with van der Waals surface area (Å²) in [5.74, 6) is 0.257. The van der Waals surface area contributed by atoms with E-state index in [1.165, 1.54) is 7.11 Å². The maximum atomic E-state index is 11.5. The van der Waals surface area contributed by atoms with Crippen LogP contribution in [0.25, 0.3) is 0 Å². The van der Waals surface area contributed by atoms with Crippen LogP contribution < -0.4 is 0 Å². The molecule has 0 spiro atoms.